The Labute approximate surface area is 138 Å². The summed E-state index contributed by atoms with van der Waals surface area (Å²) in [4.78, 5) is 17.7. The molecule has 1 aliphatic heterocycles. The predicted octanol–water partition coefficient (Wildman–Crippen LogP) is 3.26. The van der Waals surface area contributed by atoms with Gasteiger partial charge in [0, 0.05) is 22.6 Å². The van der Waals surface area contributed by atoms with Gasteiger partial charge in [0.15, 0.2) is 0 Å². The zero-order valence-electron chi connectivity index (χ0n) is 14.4. The summed E-state index contributed by atoms with van der Waals surface area (Å²) in [7, 11) is 0. The van der Waals surface area contributed by atoms with Crippen LogP contribution in [0.1, 0.15) is 45.1 Å². The summed E-state index contributed by atoms with van der Waals surface area (Å²) in [5, 5.41) is 4.39. The van der Waals surface area contributed by atoms with E-state index in [1.807, 2.05) is 20.8 Å². The lowest BCUT2D eigenvalue weighted by Gasteiger charge is -2.32. The predicted molar refractivity (Wildman–Crippen MR) is 94.6 cm³/mol. The fraction of sp³-hybridized carbons (Fsp3) is 0.526. The number of aromatic nitrogens is 1. The first-order chi connectivity index (χ1) is 10.9. The first-order valence-corrected chi connectivity index (χ1v) is 8.52. The Morgan fingerprint density at radius 2 is 1.96 bits per heavy atom. The van der Waals surface area contributed by atoms with Crippen molar-refractivity contribution in [2.45, 2.75) is 45.1 Å². The maximum Gasteiger partial charge on any atom is 0.234 e. The lowest BCUT2D eigenvalue weighted by atomic mass is 9.89. The normalized spacial score (nSPS) is 17.5. The second-order valence-corrected chi connectivity index (χ2v) is 7.64. The second kappa shape index (κ2) is 6.36. The largest absolute Gasteiger partial charge is 0.361 e. The number of nitrogens with zero attached hydrogens (tertiary/aromatic N) is 1. The number of fused-ring (bicyclic) bond motifs is 1. The number of hydrogen-bond acceptors (Lipinski definition) is 2. The molecule has 1 aliphatic rings. The van der Waals surface area contributed by atoms with Crippen molar-refractivity contribution in [3.8, 4) is 0 Å². The van der Waals surface area contributed by atoms with E-state index >= 15 is 0 Å². The van der Waals surface area contributed by atoms with Gasteiger partial charge >= 0.3 is 0 Å². The number of carbonyl (C=O) groups is 1. The second-order valence-electron chi connectivity index (χ2n) is 7.64. The van der Waals surface area contributed by atoms with Gasteiger partial charge < -0.3 is 10.3 Å². The van der Waals surface area contributed by atoms with E-state index in [1.165, 1.54) is 16.5 Å². The van der Waals surface area contributed by atoms with Crippen molar-refractivity contribution in [1.29, 1.82) is 0 Å². The molecule has 4 nitrogen and oxygen atoms in total. The fourth-order valence-electron chi connectivity index (χ4n) is 3.49. The van der Waals surface area contributed by atoms with Crippen LogP contribution in [0.15, 0.2) is 30.5 Å². The lowest BCUT2D eigenvalue weighted by molar-refractivity contribution is -0.123. The molecule has 1 aromatic heterocycles. The highest BCUT2D eigenvalue weighted by Crippen LogP contribution is 2.32. The molecule has 0 aliphatic carbocycles. The molecule has 1 fully saturated rings. The highest BCUT2D eigenvalue weighted by atomic mass is 16.2. The number of H-pyrrole nitrogens is 1. The van der Waals surface area contributed by atoms with E-state index in [9.17, 15) is 4.79 Å². The van der Waals surface area contributed by atoms with E-state index in [0.717, 1.165) is 25.9 Å². The third-order valence-corrected chi connectivity index (χ3v) is 4.53. The number of hydrogen-bond donors (Lipinski definition) is 2. The van der Waals surface area contributed by atoms with Gasteiger partial charge in [-0.25, -0.2) is 0 Å². The quantitative estimate of drug-likeness (QED) is 0.914. The zero-order valence-corrected chi connectivity index (χ0v) is 14.4. The molecular formula is C19H27N3O. The Balaban J connectivity index is 1.57. The van der Waals surface area contributed by atoms with Crippen LogP contribution in [0.25, 0.3) is 10.9 Å². The minimum atomic E-state index is -0.153. The number of aromatic amines is 1. The maximum absolute atomic E-state index is 12.1. The van der Waals surface area contributed by atoms with E-state index in [4.69, 9.17) is 0 Å². The average molecular weight is 313 g/mol. The number of para-hydroxylation sites is 1. The molecular weight excluding hydrogens is 286 g/mol. The van der Waals surface area contributed by atoms with Crippen LogP contribution in [0.3, 0.4) is 0 Å². The monoisotopic (exact) mass is 313 g/mol. The van der Waals surface area contributed by atoms with E-state index in [0.29, 0.717) is 12.5 Å². The van der Waals surface area contributed by atoms with Gasteiger partial charge in [0.2, 0.25) is 5.91 Å². The van der Waals surface area contributed by atoms with Gasteiger partial charge in [-0.3, -0.25) is 9.69 Å². The summed E-state index contributed by atoms with van der Waals surface area (Å²) in [6.07, 6.45) is 4.40. The molecule has 0 bridgehead atoms. The standard InChI is InChI=1S/C19H27N3O/c1-19(2,3)21-18(23)13-22-10-8-14(9-11-22)16-12-20-17-7-5-4-6-15(16)17/h4-7,12,14,20H,8-11,13H2,1-3H3,(H,21,23). The molecule has 0 atom stereocenters. The average Bonchev–Trinajstić information content (AvgIpc) is 2.90. The van der Waals surface area contributed by atoms with E-state index < -0.39 is 0 Å². The lowest BCUT2D eigenvalue weighted by Crippen LogP contribution is -2.47. The SMILES string of the molecule is CC(C)(C)NC(=O)CN1CCC(c2c[nH]c3ccccc23)CC1. The highest BCUT2D eigenvalue weighted by Gasteiger charge is 2.24. The van der Waals surface area contributed by atoms with Crippen molar-refractivity contribution in [3.63, 3.8) is 0 Å². The maximum atomic E-state index is 12.1. The minimum Gasteiger partial charge on any atom is -0.361 e. The summed E-state index contributed by atoms with van der Waals surface area (Å²) in [5.41, 5.74) is 2.49. The van der Waals surface area contributed by atoms with Crippen molar-refractivity contribution >= 4 is 16.8 Å². The molecule has 2 aromatic rings. The first-order valence-electron chi connectivity index (χ1n) is 8.52. The van der Waals surface area contributed by atoms with Crippen LogP contribution in [0, 0.1) is 0 Å². The van der Waals surface area contributed by atoms with Gasteiger partial charge in [0.1, 0.15) is 0 Å². The van der Waals surface area contributed by atoms with Crippen LogP contribution < -0.4 is 5.32 Å². The van der Waals surface area contributed by atoms with Crippen molar-refractivity contribution in [2.75, 3.05) is 19.6 Å². The molecule has 1 amide bonds. The van der Waals surface area contributed by atoms with Crippen LogP contribution in [0.2, 0.25) is 0 Å². The van der Waals surface area contributed by atoms with Gasteiger partial charge in [0.05, 0.1) is 6.54 Å². The molecule has 3 rings (SSSR count). The first kappa shape index (κ1) is 16.1. The third kappa shape index (κ3) is 3.94. The smallest absolute Gasteiger partial charge is 0.234 e. The Morgan fingerprint density at radius 3 is 2.65 bits per heavy atom. The van der Waals surface area contributed by atoms with Crippen LogP contribution in [-0.2, 0) is 4.79 Å². The van der Waals surface area contributed by atoms with Gasteiger partial charge in [-0.1, -0.05) is 18.2 Å². The molecule has 1 saturated heterocycles. The Hall–Kier alpha value is -1.81. The molecule has 2 heterocycles. The fourth-order valence-corrected chi connectivity index (χ4v) is 3.49. The van der Waals surface area contributed by atoms with Crippen LogP contribution in [0.5, 0.6) is 0 Å². The number of piperidine rings is 1. The number of benzene rings is 1. The minimum absolute atomic E-state index is 0.128. The number of rotatable bonds is 3. The molecule has 1 aromatic carbocycles. The number of carbonyl (C=O) groups excluding carboxylic acids is 1. The van der Waals surface area contributed by atoms with Gasteiger partial charge in [-0.05, 0) is 64.3 Å². The van der Waals surface area contributed by atoms with Crippen molar-refractivity contribution in [1.82, 2.24) is 15.2 Å². The molecule has 0 unspecified atom stereocenters. The molecule has 0 saturated carbocycles. The molecule has 2 N–H and O–H groups in total. The van der Waals surface area contributed by atoms with Crippen molar-refractivity contribution in [2.24, 2.45) is 0 Å². The molecule has 0 spiro atoms. The summed E-state index contributed by atoms with van der Waals surface area (Å²) >= 11 is 0. The van der Waals surface area contributed by atoms with Crippen molar-refractivity contribution < 1.29 is 4.79 Å². The topological polar surface area (TPSA) is 48.1 Å². The van der Waals surface area contributed by atoms with Gasteiger partial charge in [0.25, 0.3) is 0 Å². The summed E-state index contributed by atoms with van der Waals surface area (Å²) in [5.74, 6) is 0.719. The van der Waals surface area contributed by atoms with E-state index in [2.05, 4.69) is 45.7 Å². The molecule has 0 radical (unpaired) electrons. The number of nitrogens with one attached hydrogen (secondary N) is 2. The Bertz CT molecular complexity index is 675. The van der Waals surface area contributed by atoms with Gasteiger partial charge in [-0.15, -0.1) is 0 Å². The molecule has 4 heteroatoms. The Morgan fingerprint density at radius 1 is 1.26 bits per heavy atom. The number of amides is 1. The summed E-state index contributed by atoms with van der Waals surface area (Å²) in [6, 6.07) is 8.50. The highest BCUT2D eigenvalue weighted by molar-refractivity contribution is 5.83. The summed E-state index contributed by atoms with van der Waals surface area (Å²) < 4.78 is 0. The van der Waals surface area contributed by atoms with E-state index in [1.54, 1.807) is 0 Å². The molecule has 23 heavy (non-hydrogen) atoms. The van der Waals surface area contributed by atoms with Crippen molar-refractivity contribution in [3.05, 3.63) is 36.0 Å². The zero-order chi connectivity index (χ0) is 16.4. The summed E-state index contributed by atoms with van der Waals surface area (Å²) in [6.45, 7) is 8.55. The van der Waals surface area contributed by atoms with Crippen LogP contribution >= 0.6 is 0 Å². The molecule has 124 valence electrons. The third-order valence-electron chi connectivity index (χ3n) is 4.53. The van der Waals surface area contributed by atoms with Crippen LogP contribution in [0.4, 0.5) is 0 Å². The van der Waals surface area contributed by atoms with Crippen LogP contribution in [-0.4, -0.2) is 41.0 Å². The van der Waals surface area contributed by atoms with Gasteiger partial charge in [-0.2, -0.15) is 0 Å². The van der Waals surface area contributed by atoms with E-state index in [-0.39, 0.29) is 11.4 Å². The number of likely N-dealkylation sites (tertiary alicyclic amines) is 1. The Kier molecular flexibility index (Phi) is 4.44.